The summed E-state index contributed by atoms with van der Waals surface area (Å²) < 4.78 is 0. The standard InChI is InChI=1S/C9H5N3/c10-4-1-2-8-3-5-12-9(6-8)7-11/h1-3,5-6H. The number of nitriles is 2. The van der Waals surface area contributed by atoms with E-state index < -0.39 is 0 Å². The van der Waals surface area contributed by atoms with Gasteiger partial charge in [0.25, 0.3) is 0 Å². The monoisotopic (exact) mass is 155 g/mol. The summed E-state index contributed by atoms with van der Waals surface area (Å²) in [6, 6.07) is 7.14. The van der Waals surface area contributed by atoms with E-state index in [1.807, 2.05) is 12.1 Å². The zero-order valence-electron chi connectivity index (χ0n) is 6.23. The molecule has 1 rings (SSSR count). The van der Waals surface area contributed by atoms with Crippen molar-refractivity contribution < 1.29 is 0 Å². The molecule has 0 N–H and O–H groups in total. The topological polar surface area (TPSA) is 60.5 Å². The van der Waals surface area contributed by atoms with Gasteiger partial charge >= 0.3 is 0 Å². The smallest absolute Gasteiger partial charge is 0.141 e. The summed E-state index contributed by atoms with van der Waals surface area (Å²) in [5.74, 6) is 0. The predicted molar refractivity (Wildman–Crippen MR) is 43.6 cm³/mol. The lowest BCUT2D eigenvalue weighted by molar-refractivity contribution is 1.26. The van der Waals surface area contributed by atoms with Crippen LogP contribution < -0.4 is 0 Å². The number of aromatic nitrogens is 1. The summed E-state index contributed by atoms with van der Waals surface area (Å²) in [6.07, 6.45) is 4.52. The van der Waals surface area contributed by atoms with Crippen LogP contribution >= 0.6 is 0 Å². The van der Waals surface area contributed by atoms with E-state index in [1.165, 1.54) is 12.3 Å². The summed E-state index contributed by atoms with van der Waals surface area (Å²) in [7, 11) is 0. The molecule has 0 aromatic carbocycles. The quantitative estimate of drug-likeness (QED) is 0.577. The molecule has 0 saturated heterocycles. The van der Waals surface area contributed by atoms with Crippen molar-refractivity contribution in [3.63, 3.8) is 0 Å². The molecule has 0 saturated carbocycles. The van der Waals surface area contributed by atoms with Crippen molar-refractivity contribution >= 4 is 6.08 Å². The Bertz CT molecular complexity index is 379. The first-order valence-electron chi connectivity index (χ1n) is 3.29. The second-order valence-corrected chi connectivity index (χ2v) is 2.05. The molecule has 0 spiro atoms. The Morgan fingerprint density at radius 2 is 2.25 bits per heavy atom. The fraction of sp³-hybridized carbons (Fsp3) is 0. The molecule has 56 valence electrons. The zero-order chi connectivity index (χ0) is 8.81. The summed E-state index contributed by atoms with van der Waals surface area (Å²) in [6.45, 7) is 0. The average molecular weight is 155 g/mol. The Balaban J connectivity index is 2.98. The van der Waals surface area contributed by atoms with E-state index in [-0.39, 0.29) is 0 Å². The molecule has 12 heavy (non-hydrogen) atoms. The molecular formula is C9H5N3. The van der Waals surface area contributed by atoms with Gasteiger partial charge in [-0.15, -0.1) is 0 Å². The highest BCUT2D eigenvalue weighted by atomic mass is 14.7. The molecule has 3 heteroatoms. The Labute approximate surface area is 70.2 Å². The van der Waals surface area contributed by atoms with Gasteiger partial charge in [-0.2, -0.15) is 10.5 Å². The molecule has 1 aromatic rings. The molecule has 0 unspecified atom stereocenters. The maximum atomic E-state index is 8.49. The number of rotatable bonds is 1. The van der Waals surface area contributed by atoms with Crippen LogP contribution in [0.1, 0.15) is 11.3 Å². The number of hydrogen-bond donors (Lipinski definition) is 0. The largest absolute Gasteiger partial charge is 0.246 e. The minimum Gasteiger partial charge on any atom is -0.246 e. The lowest BCUT2D eigenvalue weighted by Gasteiger charge is -1.90. The number of hydrogen-bond acceptors (Lipinski definition) is 3. The van der Waals surface area contributed by atoms with Gasteiger partial charge in [0, 0.05) is 12.3 Å². The lowest BCUT2D eigenvalue weighted by atomic mass is 10.2. The highest BCUT2D eigenvalue weighted by Gasteiger charge is 1.90. The molecule has 0 amide bonds. The molecule has 0 radical (unpaired) electrons. The molecule has 3 nitrogen and oxygen atoms in total. The van der Waals surface area contributed by atoms with Gasteiger partial charge in [0.05, 0.1) is 6.07 Å². The van der Waals surface area contributed by atoms with Crippen LogP contribution in [0.15, 0.2) is 24.4 Å². The highest BCUT2D eigenvalue weighted by Crippen LogP contribution is 2.02. The molecular weight excluding hydrogens is 150 g/mol. The van der Waals surface area contributed by atoms with Crippen molar-refractivity contribution in [3.8, 4) is 12.1 Å². The van der Waals surface area contributed by atoms with Crippen LogP contribution in [0.2, 0.25) is 0 Å². The molecule has 1 heterocycles. The first-order valence-corrected chi connectivity index (χ1v) is 3.29. The second-order valence-electron chi connectivity index (χ2n) is 2.05. The first-order chi connectivity index (χ1) is 5.86. The third kappa shape index (κ3) is 1.93. The van der Waals surface area contributed by atoms with Gasteiger partial charge in [-0.25, -0.2) is 4.98 Å². The minimum absolute atomic E-state index is 0.357. The molecule has 0 aliphatic rings. The summed E-state index contributed by atoms with van der Waals surface area (Å²) >= 11 is 0. The number of allylic oxidation sites excluding steroid dienone is 1. The predicted octanol–water partition coefficient (Wildman–Crippen LogP) is 1.49. The summed E-state index contributed by atoms with van der Waals surface area (Å²) in [5, 5.41) is 16.7. The number of pyridine rings is 1. The van der Waals surface area contributed by atoms with Gasteiger partial charge in [0.1, 0.15) is 11.8 Å². The highest BCUT2D eigenvalue weighted by molar-refractivity contribution is 5.52. The minimum atomic E-state index is 0.357. The van der Waals surface area contributed by atoms with Crippen molar-refractivity contribution in [2.24, 2.45) is 0 Å². The van der Waals surface area contributed by atoms with Crippen LogP contribution in [0, 0.1) is 22.7 Å². The summed E-state index contributed by atoms with van der Waals surface area (Å²) in [5.41, 5.74) is 1.16. The van der Waals surface area contributed by atoms with Gasteiger partial charge in [-0.05, 0) is 23.8 Å². The van der Waals surface area contributed by atoms with Crippen LogP contribution in [0.4, 0.5) is 0 Å². The maximum Gasteiger partial charge on any atom is 0.141 e. The fourth-order valence-electron chi connectivity index (χ4n) is 0.745. The van der Waals surface area contributed by atoms with E-state index in [9.17, 15) is 0 Å². The maximum absolute atomic E-state index is 8.49. The van der Waals surface area contributed by atoms with Gasteiger partial charge in [0.15, 0.2) is 0 Å². The molecule has 1 aromatic heterocycles. The lowest BCUT2D eigenvalue weighted by Crippen LogP contribution is -1.81. The van der Waals surface area contributed by atoms with Crippen molar-refractivity contribution in [1.29, 1.82) is 10.5 Å². The van der Waals surface area contributed by atoms with E-state index in [4.69, 9.17) is 10.5 Å². The third-order valence-electron chi connectivity index (χ3n) is 1.25. The Kier molecular flexibility index (Phi) is 2.59. The molecule has 0 atom stereocenters. The molecule has 0 fully saturated rings. The van der Waals surface area contributed by atoms with Crippen LogP contribution in [0.3, 0.4) is 0 Å². The number of nitrogens with zero attached hydrogens (tertiary/aromatic N) is 3. The Morgan fingerprint density at radius 3 is 2.92 bits per heavy atom. The Morgan fingerprint density at radius 1 is 1.42 bits per heavy atom. The van der Waals surface area contributed by atoms with Crippen LogP contribution in [-0.2, 0) is 0 Å². The molecule has 0 aliphatic heterocycles. The molecule has 0 aliphatic carbocycles. The second kappa shape index (κ2) is 3.90. The van der Waals surface area contributed by atoms with Crippen LogP contribution in [0.25, 0.3) is 6.08 Å². The van der Waals surface area contributed by atoms with E-state index in [0.717, 1.165) is 5.56 Å². The zero-order valence-corrected chi connectivity index (χ0v) is 6.23. The first kappa shape index (κ1) is 7.97. The molecule has 0 bridgehead atoms. The van der Waals surface area contributed by atoms with E-state index in [0.29, 0.717) is 5.69 Å². The van der Waals surface area contributed by atoms with E-state index in [1.54, 1.807) is 18.2 Å². The summed E-state index contributed by atoms with van der Waals surface area (Å²) in [4.78, 5) is 3.79. The Hall–Kier alpha value is -2.13. The van der Waals surface area contributed by atoms with Crippen LogP contribution in [0.5, 0.6) is 0 Å². The van der Waals surface area contributed by atoms with E-state index >= 15 is 0 Å². The van der Waals surface area contributed by atoms with Gasteiger partial charge in [-0.3, -0.25) is 0 Å². The van der Waals surface area contributed by atoms with Crippen LogP contribution in [-0.4, -0.2) is 4.98 Å². The normalized spacial score (nSPS) is 9.17. The average Bonchev–Trinajstić information content (AvgIpc) is 2.15. The van der Waals surface area contributed by atoms with Gasteiger partial charge in [-0.1, -0.05) is 0 Å². The third-order valence-corrected chi connectivity index (χ3v) is 1.25. The fourth-order valence-corrected chi connectivity index (χ4v) is 0.745. The SMILES string of the molecule is N#CC=Cc1ccnc(C#N)c1. The van der Waals surface area contributed by atoms with Crippen molar-refractivity contribution in [1.82, 2.24) is 4.98 Å². The van der Waals surface area contributed by atoms with Crippen molar-refractivity contribution in [2.75, 3.05) is 0 Å². The van der Waals surface area contributed by atoms with E-state index in [2.05, 4.69) is 4.98 Å². The van der Waals surface area contributed by atoms with Crippen molar-refractivity contribution in [2.45, 2.75) is 0 Å². The van der Waals surface area contributed by atoms with Gasteiger partial charge < -0.3 is 0 Å². The van der Waals surface area contributed by atoms with Gasteiger partial charge in [0.2, 0.25) is 0 Å². The van der Waals surface area contributed by atoms with Crippen molar-refractivity contribution in [3.05, 3.63) is 35.7 Å².